The van der Waals surface area contributed by atoms with Crippen LogP contribution in [0.5, 0.6) is 0 Å². The van der Waals surface area contributed by atoms with E-state index in [0.29, 0.717) is 5.58 Å². The number of hydrogen-bond donors (Lipinski definition) is 1. The molecule has 1 heterocycles. The Labute approximate surface area is 117 Å². The normalized spacial score (nSPS) is 12.8. The zero-order valence-electron chi connectivity index (χ0n) is 11.5. The first-order valence-corrected chi connectivity index (χ1v) is 6.64. The van der Waals surface area contributed by atoms with Gasteiger partial charge in [-0.15, -0.1) is 0 Å². The number of nitrogens with one attached hydrogen (secondary N) is 1. The van der Waals surface area contributed by atoms with Crippen LogP contribution in [0.1, 0.15) is 18.5 Å². The number of hydrogen-bond acceptors (Lipinski definition) is 2. The van der Waals surface area contributed by atoms with Crippen LogP contribution in [0, 0.1) is 5.82 Å². The van der Waals surface area contributed by atoms with Crippen LogP contribution in [-0.4, -0.2) is 7.05 Å². The monoisotopic (exact) mass is 269 g/mol. The molecule has 0 amide bonds. The Morgan fingerprint density at radius 1 is 1.10 bits per heavy atom. The topological polar surface area (TPSA) is 25.2 Å². The molecule has 3 rings (SSSR count). The van der Waals surface area contributed by atoms with Gasteiger partial charge in [0.15, 0.2) is 0 Å². The summed E-state index contributed by atoms with van der Waals surface area (Å²) in [6, 6.07) is 14.8. The minimum Gasteiger partial charge on any atom is -0.456 e. The van der Waals surface area contributed by atoms with Crippen LogP contribution >= 0.6 is 0 Å². The van der Waals surface area contributed by atoms with Crippen molar-refractivity contribution in [1.29, 1.82) is 0 Å². The predicted molar refractivity (Wildman–Crippen MR) is 79.1 cm³/mol. The summed E-state index contributed by atoms with van der Waals surface area (Å²) in [6.45, 7) is 2.10. The van der Waals surface area contributed by atoms with Gasteiger partial charge in [-0.2, -0.15) is 0 Å². The van der Waals surface area contributed by atoms with Crippen molar-refractivity contribution in [3.8, 4) is 11.3 Å². The van der Waals surface area contributed by atoms with Crippen LogP contribution in [0.2, 0.25) is 0 Å². The Hall–Kier alpha value is -2.13. The van der Waals surface area contributed by atoms with Crippen molar-refractivity contribution in [3.05, 3.63) is 59.9 Å². The molecule has 1 unspecified atom stereocenters. The molecule has 2 aromatic carbocycles. The van der Waals surface area contributed by atoms with Gasteiger partial charge < -0.3 is 9.73 Å². The van der Waals surface area contributed by atoms with Gasteiger partial charge in [-0.1, -0.05) is 24.3 Å². The molecule has 0 saturated heterocycles. The maximum absolute atomic E-state index is 13.3. The van der Waals surface area contributed by atoms with E-state index in [4.69, 9.17) is 4.42 Å². The van der Waals surface area contributed by atoms with E-state index in [1.165, 1.54) is 12.1 Å². The molecule has 0 spiro atoms. The predicted octanol–water partition coefficient (Wildman–Crippen LogP) is 4.52. The fraction of sp³-hybridized carbons (Fsp3) is 0.176. The van der Waals surface area contributed by atoms with Crippen molar-refractivity contribution in [2.24, 2.45) is 0 Å². The lowest BCUT2D eigenvalue weighted by molar-refractivity contribution is 0.614. The van der Waals surface area contributed by atoms with Crippen molar-refractivity contribution in [1.82, 2.24) is 5.32 Å². The van der Waals surface area contributed by atoms with E-state index in [0.717, 1.165) is 22.3 Å². The third-order valence-corrected chi connectivity index (χ3v) is 3.60. The fourth-order valence-electron chi connectivity index (χ4n) is 2.40. The maximum atomic E-state index is 13.3. The third kappa shape index (κ3) is 2.21. The van der Waals surface area contributed by atoms with Crippen LogP contribution in [0.25, 0.3) is 22.3 Å². The van der Waals surface area contributed by atoms with Crippen LogP contribution in [0.4, 0.5) is 4.39 Å². The van der Waals surface area contributed by atoms with Gasteiger partial charge in [0.25, 0.3) is 0 Å². The van der Waals surface area contributed by atoms with E-state index in [1.807, 2.05) is 31.3 Å². The highest BCUT2D eigenvalue weighted by Crippen LogP contribution is 2.32. The Kier molecular flexibility index (Phi) is 3.28. The van der Waals surface area contributed by atoms with Gasteiger partial charge in [-0.05, 0) is 43.8 Å². The van der Waals surface area contributed by atoms with E-state index in [-0.39, 0.29) is 11.9 Å². The molecule has 1 N–H and O–H groups in total. The van der Waals surface area contributed by atoms with Crippen LogP contribution in [0.15, 0.2) is 52.9 Å². The second-order valence-electron chi connectivity index (χ2n) is 4.89. The first-order valence-electron chi connectivity index (χ1n) is 6.64. The van der Waals surface area contributed by atoms with Crippen LogP contribution < -0.4 is 5.32 Å². The molecule has 0 aliphatic heterocycles. The van der Waals surface area contributed by atoms with E-state index >= 15 is 0 Å². The summed E-state index contributed by atoms with van der Waals surface area (Å²) in [4.78, 5) is 0. The van der Waals surface area contributed by atoms with E-state index in [9.17, 15) is 4.39 Å². The first-order chi connectivity index (χ1) is 9.69. The van der Waals surface area contributed by atoms with E-state index < -0.39 is 0 Å². The zero-order chi connectivity index (χ0) is 14.1. The minimum absolute atomic E-state index is 0.219. The average Bonchev–Trinajstić information content (AvgIpc) is 2.89. The van der Waals surface area contributed by atoms with Gasteiger partial charge in [0, 0.05) is 17.0 Å². The van der Waals surface area contributed by atoms with Gasteiger partial charge in [0.05, 0.1) is 0 Å². The summed E-state index contributed by atoms with van der Waals surface area (Å²) in [7, 11) is 1.93. The molecule has 2 nitrogen and oxygen atoms in total. The van der Waals surface area contributed by atoms with Gasteiger partial charge >= 0.3 is 0 Å². The molecule has 0 fully saturated rings. The lowest BCUT2D eigenvalue weighted by Gasteiger charge is -2.14. The molecule has 102 valence electrons. The van der Waals surface area contributed by atoms with Gasteiger partial charge in [-0.3, -0.25) is 0 Å². The van der Waals surface area contributed by atoms with Crippen molar-refractivity contribution >= 4 is 11.0 Å². The first kappa shape index (κ1) is 12.9. The Morgan fingerprint density at radius 3 is 2.70 bits per heavy atom. The van der Waals surface area contributed by atoms with Crippen molar-refractivity contribution in [2.45, 2.75) is 13.0 Å². The summed E-state index contributed by atoms with van der Waals surface area (Å²) in [6.07, 6.45) is 0. The standard InChI is InChI=1S/C17H16FNO/c1-11(19-2)14-5-3-4-6-15(14)17-10-12-9-13(18)7-8-16(12)20-17/h3-11,19H,1-2H3. The quantitative estimate of drug-likeness (QED) is 0.756. The molecule has 0 bridgehead atoms. The Morgan fingerprint density at radius 2 is 1.90 bits per heavy atom. The lowest BCUT2D eigenvalue weighted by atomic mass is 9.99. The average molecular weight is 269 g/mol. The molecule has 1 atom stereocenters. The highest BCUT2D eigenvalue weighted by molar-refractivity contribution is 5.83. The van der Waals surface area contributed by atoms with Crippen molar-refractivity contribution in [3.63, 3.8) is 0 Å². The van der Waals surface area contributed by atoms with Crippen LogP contribution in [-0.2, 0) is 0 Å². The second-order valence-corrected chi connectivity index (χ2v) is 4.89. The van der Waals surface area contributed by atoms with Gasteiger partial charge in [0.1, 0.15) is 17.2 Å². The summed E-state index contributed by atoms with van der Waals surface area (Å²) in [5.41, 5.74) is 2.90. The number of rotatable bonds is 3. The highest BCUT2D eigenvalue weighted by atomic mass is 19.1. The van der Waals surface area contributed by atoms with E-state index in [2.05, 4.69) is 18.3 Å². The number of fused-ring (bicyclic) bond motifs is 1. The molecule has 1 aromatic heterocycles. The zero-order valence-corrected chi connectivity index (χ0v) is 11.5. The summed E-state index contributed by atoms with van der Waals surface area (Å²) < 4.78 is 19.1. The summed E-state index contributed by atoms with van der Waals surface area (Å²) in [5, 5.41) is 4.02. The molecule has 3 aromatic rings. The molecule has 0 radical (unpaired) electrons. The lowest BCUT2D eigenvalue weighted by Crippen LogP contribution is -2.13. The van der Waals surface area contributed by atoms with E-state index in [1.54, 1.807) is 6.07 Å². The number of halogens is 1. The molecule has 0 saturated carbocycles. The van der Waals surface area contributed by atoms with Crippen molar-refractivity contribution in [2.75, 3.05) is 7.05 Å². The minimum atomic E-state index is -0.248. The molecular formula is C17H16FNO. The summed E-state index contributed by atoms with van der Waals surface area (Å²) >= 11 is 0. The maximum Gasteiger partial charge on any atom is 0.135 e. The molecule has 20 heavy (non-hydrogen) atoms. The highest BCUT2D eigenvalue weighted by Gasteiger charge is 2.13. The number of benzene rings is 2. The molecular weight excluding hydrogens is 253 g/mol. The van der Waals surface area contributed by atoms with Crippen molar-refractivity contribution < 1.29 is 8.81 Å². The molecule has 0 aliphatic rings. The van der Waals surface area contributed by atoms with Crippen LogP contribution in [0.3, 0.4) is 0 Å². The largest absolute Gasteiger partial charge is 0.456 e. The summed E-state index contributed by atoms with van der Waals surface area (Å²) in [5.74, 6) is 0.519. The number of furan rings is 1. The molecule has 0 aliphatic carbocycles. The Balaban J connectivity index is 2.15. The Bertz CT molecular complexity index is 748. The second kappa shape index (κ2) is 5.10. The SMILES string of the molecule is CNC(C)c1ccccc1-c1cc2cc(F)ccc2o1. The fourth-order valence-corrected chi connectivity index (χ4v) is 2.40. The van der Waals surface area contributed by atoms with Gasteiger partial charge in [-0.25, -0.2) is 4.39 Å². The molecule has 3 heteroatoms. The van der Waals surface area contributed by atoms with Gasteiger partial charge in [0.2, 0.25) is 0 Å². The smallest absolute Gasteiger partial charge is 0.135 e. The third-order valence-electron chi connectivity index (χ3n) is 3.60.